The van der Waals surface area contributed by atoms with Crippen LogP contribution in [0.1, 0.15) is 36.5 Å². The van der Waals surface area contributed by atoms with Gasteiger partial charge in [0.05, 0.1) is 0 Å². The molecule has 2 aromatic carbocycles. The SMILES string of the molecule is Cc1cc(C)cc(NC(=S)NNC(=S)Nc2ccc(C(C)C)cc2)c1. The van der Waals surface area contributed by atoms with Crippen molar-refractivity contribution in [2.24, 2.45) is 0 Å². The van der Waals surface area contributed by atoms with Gasteiger partial charge in [0.15, 0.2) is 10.2 Å². The second kappa shape index (κ2) is 8.78. The first-order chi connectivity index (χ1) is 11.8. The van der Waals surface area contributed by atoms with Crippen molar-refractivity contribution in [3.05, 3.63) is 59.2 Å². The van der Waals surface area contributed by atoms with E-state index in [1.54, 1.807) is 0 Å². The Kier molecular flexibility index (Phi) is 6.73. The van der Waals surface area contributed by atoms with E-state index in [0.29, 0.717) is 16.1 Å². The van der Waals surface area contributed by atoms with Crippen LogP contribution in [0.25, 0.3) is 0 Å². The van der Waals surface area contributed by atoms with E-state index < -0.39 is 0 Å². The summed E-state index contributed by atoms with van der Waals surface area (Å²) < 4.78 is 0. The van der Waals surface area contributed by atoms with Crippen LogP contribution >= 0.6 is 24.4 Å². The Morgan fingerprint density at radius 1 is 0.760 bits per heavy atom. The van der Waals surface area contributed by atoms with Gasteiger partial charge in [-0.3, -0.25) is 10.9 Å². The molecule has 25 heavy (non-hydrogen) atoms. The number of hydrazine groups is 1. The zero-order valence-electron chi connectivity index (χ0n) is 14.9. The monoisotopic (exact) mass is 372 g/mol. The van der Waals surface area contributed by atoms with E-state index in [1.165, 1.54) is 16.7 Å². The van der Waals surface area contributed by atoms with Crippen molar-refractivity contribution in [3.8, 4) is 0 Å². The van der Waals surface area contributed by atoms with Crippen LogP contribution < -0.4 is 21.5 Å². The Hall–Kier alpha value is -2.18. The molecule has 4 N–H and O–H groups in total. The van der Waals surface area contributed by atoms with Crippen LogP contribution in [0.4, 0.5) is 11.4 Å². The second-order valence-electron chi connectivity index (χ2n) is 6.31. The smallest absolute Gasteiger partial charge is 0.189 e. The molecule has 0 bridgehead atoms. The van der Waals surface area contributed by atoms with Gasteiger partial charge >= 0.3 is 0 Å². The van der Waals surface area contributed by atoms with Gasteiger partial charge in [-0.1, -0.05) is 32.0 Å². The van der Waals surface area contributed by atoms with Gasteiger partial charge in [-0.15, -0.1) is 0 Å². The molecule has 2 rings (SSSR count). The van der Waals surface area contributed by atoms with Gasteiger partial charge in [0.25, 0.3) is 0 Å². The maximum Gasteiger partial charge on any atom is 0.189 e. The number of thiocarbonyl (C=S) groups is 2. The largest absolute Gasteiger partial charge is 0.331 e. The third-order valence-electron chi connectivity index (χ3n) is 3.60. The summed E-state index contributed by atoms with van der Waals surface area (Å²) in [5.41, 5.74) is 11.3. The third-order valence-corrected chi connectivity index (χ3v) is 4.01. The summed E-state index contributed by atoms with van der Waals surface area (Å²) in [5, 5.41) is 7.14. The summed E-state index contributed by atoms with van der Waals surface area (Å²) in [7, 11) is 0. The molecule has 2 aromatic rings. The number of aryl methyl sites for hydroxylation is 2. The summed E-state index contributed by atoms with van der Waals surface area (Å²) in [4.78, 5) is 0. The fourth-order valence-electron chi connectivity index (χ4n) is 2.44. The maximum absolute atomic E-state index is 5.28. The minimum atomic E-state index is 0.446. The fraction of sp³-hybridized carbons (Fsp3) is 0.263. The number of hydrogen-bond donors (Lipinski definition) is 4. The molecule has 0 spiro atoms. The highest BCUT2D eigenvalue weighted by Gasteiger charge is 2.02. The zero-order chi connectivity index (χ0) is 18.4. The Balaban J connectivity index is 1.81. The molecule has 0 aromatic heterocycles. The van der Waals surface area contributed by atoms with E-state index in [4.69, 9.17) is 24.4 Å². The highest BCUT2D eigenvalue weighted by atomic mass is 32.1. The Labute approximate surface area is 160 Å². The van der Waals surface area contributed by atoms with Gasteiger partial charge in [0.1, 0.15) is 0 Å². The second-order valence-corrected chi connectivity index (χ2v) is 7.13. The average molecular weight is 373 g/mol. The van der Waals surface area contributed by atoms with Crippen molar-refractivity contribution in [3.63, 3.8) is 0 Å². The van der Waals surface area contributed by atoms with Crippen molar-refractivity contribution in [1.82, 2.24) is 10.9 Å². The number of hydrogen-bond acceptors (Lipinski definition) is 2. The maximum atomic E-state index is 5.28. The molecule has 132 valence electrons. The fourth-order valence-corrected chi connectivity index (χ4v) is 2.77. The van der Waals surface area contributed by atoms with E-state index >= 15 is 0 Å². The van der Waals surface area contributed by atoms with Crippen LogP contribution in [-0.2, 0) is 0 Å². The highest BCUT2D eigenvalue weighted by molar-refractivity contribution is 7.81. The molecule has 0 atom stereocenters. The molecule has 0 saturated carbocycles. The van der Waals surface area contributed by atoms with E-state index in [9.17, 15) is 0 Å². The number of nitrogens with one attached hydrogen (secondary N) is 4. The van der Waals surface area contributed by atoms with Crippen LogP contribution in [0, 0.1) is 13.8 Å². The lowest BCUT2D eigenvalue weighted by Gasteiger charge is -2.15. The standard InChI is InChI=1S/C19H24N4S2/c1-12(2)15-5-7-16(8-6-15)20-18(24)22-23-19(25)21-17-10-13(3)9-14(4)11-17/h5-12H,1-4H3,(H2,20,22,24)(H2,21,23,25). The number of anilines is 2. The zero-order valence-corrected chi connectivity index (χ0v) is 16.6. The Morgan fingerprint density at radius 3 is 1.72 bits per heavy atom. The summed E-state index contributed by atoms with van der Waals surface area (Å²) >= 11 is 10.6. The van der Waals surface area contributed by atoms with Crippen molar-refractivity contribution >= 4 is 46.0 Å². The van der Waals surface area contributed by atoms with Crippen molar-refractivity contribution in [2.75, 3.05) is 10.6 Å². The highest BCUT2D eigenvalue weighted by Crippen LogP contribution is 2.17. The summed E-state index contributed by atoms with van der Waals surface area (Å²) in [6.45, 7) is 8.44. The van der Waals surface area contributed by atoms with Crippen LogP contribution in [0.3, 0.4) is 0 Å². The molecule has 0 aliphatic carbocycles. The van der Waals surface area contributed by atoms with E-state index in [-0.39, 0.29) is 0 Å². The molecule has 0 fully saturated rings. The quantitative estimate of drug-likeness (QED) is 0.466. The minimum absolute atomic E-state index is 0.446. The molecule has 0 aliphatic rings. The van der Waals surface area contributed by atoms with E-state index in [2.05, 4.69) is 67.4 Å². The van der Waals surface area contributed by atoms with Gasteiger partial charge in [-0.05, 0) is 85.2 Å². The van der Waals surface area contributed by atoms with Crippen molar-refractivity contribution in [2.45, 2.75) is 33.6 Å². The predicted octanol–water partition coefficient (Wildman–Crippen LogP) is 4.61. The Morgan fingerprint density at radius 2 is 1.24 bits per heavy atom. The minimum Gasteiger partial charge on any atom is -0.331 e. The van der Waals surface area contributed by atoms with Gasteiger partial charge in [0.2, 0.25) is 0 Å². The van der Waals surface area contributed by atoms with Crippen LogP contribution in [0.15, 0.2) is 42.5 Å². The van der Waals surface area contributed by atoms with Gasteiger partial charge in [-0.2, -0.15) is 0 Å². The molecule has 0 radical (unpaired) electrons. The molecule has 0 heterocycles. The first-order valence-corrected chi connectivity index (χ1v) is 8.97. The first-order valence-electron chi connectivity index (χ1n) is 8.16. The molecule has 0 saturated heterocycles. The van der Waals surface area contributed by atoms with Crippen molar-refractivity contribution < 1.29 is 0 Å². The lowest BCUT2D eigenvalue weighted by atomic mass is 10.0. The molecule has 0 aliphatic heterocycles. The van der Waals surface area contributed by atoms with E-state index in [0.717, 1.165) is 11.4 Å². The van der Waals surface area contributed by atoms with Gasteiger partial charge in [0, 0.05) is 11.4 Å². The van der Waals surface area contributed by atoms with Crippen molar-refractivity contribution in [1.29, 1.82) is 0 Å². The topological polar surface area (TPSA) is 48.1 Å². The lowest BCUT2D eigenvalue weighted by molar-refractivity contribution is 0.866. The van der Waals surface area contributed by atoms with Crippen LogP contribution in [-0.4, -0.2) is 10.2 Å². The molecular formula is C19H24N4S2. The molecule has 6 heteroatoms. The number of rotatable bonds is 3. The predicted molar refractivity (Wildman–Crippen MR) is 115 cm³/mol. The van der Waals surface area contributed by atoms with E-state index in [1.807, 2.05) is 24.3 Å². The molecule has 0 amide bonds. The normalized spacial score (nSPS) is 10.3. The molecular weight excluding hydrogens is 348 g/mol. The van der Waals surface area contributed by atoms with Gasteiger partial charge in [-0.25, -0.2) is 0 Å². The summed E-state index contributed by atoms with van der Waals surface area (Å²) in [6, 6.07) is 14.4. The molecule has 0 unspecified atom stereocenters. The summed E-state index contributed by atoms with van der Waals surface area (Å²) in [5.74, 6) is 0.509. The Bertz CT molecular complexity index is 734. The number of benzene rings is 2. The molecule has 4 nitrogen and oxygen atoms in total. The first kappa shape index (κ1) is 19.1. The van der Waals surface area contributed by atoms with Gasteiger partial charge < -0.3 is 10.6 Å². The lowest BCUT2D eigenvalue weighted by Crippen LogP contribution is -2.45. The van der Waals surface area contributed by atoms with Crippen LogP contribution in [0.2, 0.25) is 0 Å². The van der Waals surface area contributed by atoms with Crippen LogP contribution in [0.5, 0.6) is 0 Å². The third kappa shape index (κ3) is 6.32. The summed E-state index contributed by atoms with van der Waals surface area (Å²) in [6.07, 6.45) is 0. The average Bonchev–Trinajstić information content (AvgIpc) is 2.52.